The highest BCUT2D eigenvalue weighted by Crippen LogP contribution is 2.22. The number of rotatable bonds is 8. The second-order valence-corrected chi connectivity index (χ2v) is 6.34. The van der Waals surface area contributed by atoms with Gasteiger partial charge in [0.05, 0.1) is 13.2 Å². The van der Waals surface area contributed by atoms with E-state index < -0.39 is 37.3 Å². The molecule has 2 rings (SSSR count). The van der Waals surface area contributed by atoms with Crippen LogP contribution in [0.2, 0.25) is 0 Å². The Morgan fingerprint density at radius 2 is 1.92 bits per heavy atom. The molecular formula is C18H27NO7. The molecule has 1 amide bonds. The maximum atomic E-state index is 11.9. The second kappa shape index (κ2) is 9.84. The predicted molar refractivity (Wildman–Crippen MR) is 92.4 cm³/mol. The summed E-state index contributed by atoms with van der Waals surface area (Å²) in [5.74, 6) is -0.103. The number of ether oxygens (including phenoxy) is 2. The Labute approximate surface area is 152 Å². The molecule has 1 fully saturated rings. The highest BCUT2D eigenvalue weighted by Gasteiger charge is 2.45. The molecule has 0 radical (unpaired) electrons. The van der Waals surface area contributed by atoms with Gasteiger partial charge in [-0.05, 0) is 30.5 Å². The highest BCUT2D eigenvalue weighted by atomic mass is 16.7. The molecule has 0 bridgehead atoms. The quantitative estimate of drug-likeness (QED) is 0.425. The van der Waals surface area contributed by atoms with Gasteiger partial charge in [0.1, 0.15) is 30.1 Å². The van der Waals surface area contributed by atoms with Crippen LogP contribution in [-0.2, 0) is 20.7 Å². The van der Waals surface area contributed by atoms with Crippen molar-refractivity contribution in [3.8, 4) is 5.75 Å². The van der Waals surface area contributed by atoms with Crippen molar-refractivity contribution in [2.75, 3.05) is 13.2 Å². The van der Waals surface area contributed by atoms with Gasteiger partial charge in [-0.3, -0.25) is 4.79 Å². The number of benzene rings is 1. The first-order valence-electron chi connectivity index (χ1n) is 8.77. The summed E-state index contributed by atoms with van der Waals surface area (Å²) in [6.07, 6.45) is -3.19. The number of phenols is 1. The maximum Gasteiger partial charge on any atom is 0.220 e. The van der Waals surface area contributed by atoms with E-state index in [-0.39, 0.29) is 24.7 Å². The number of aliphatic hydroxyl groups is 3. The molecule has 0 aliphatic carbocycles. The lowest BCUT2D eigenvalue weighted by atomic mass is 9.96. The molecule has 146 valence electrons. The van der Waals surface area contributed by atoms with Gasteiger partial charge in [0.25, 0.3) is 0 Å². The summed E-state index contributed by atoms with van der Waals surface area (Å²) < 4.78 is 11.2. The predicted octanol–water partition coefficient (Wildman–Crippen LogP) is -0.325. The molecule has 0 spiro atoms. The molecule has 0 aromatic heterocycles. The third-order valence-electron chi connectivity index (χ3n) is 4.29. The van der Waals surface area contributed by atoms with E-state index in [9.17, 15) is 25.2 Å². The molecule has 1 aliphatic rings. The van der Waals surface area contributed by atoms with Gasteiger partial charge in [0, 0.05) is 6.42 Å². The molecular weight excluding hydrogens is 342 g/mol. The van der Waals surface area contributed by atoms with Crippen molar-refractivity contribution in [1.82, 2.24) is 5.32 Å². The maximum absolute atomic E-state index is 11.9. The van der Waals surface area contributed by atoms with E-state index in [4.69, 9.17) is 9.47 Å². The Balaban J connectivity index is 1.99. The number of aliphatic hydroxyl groups excluding tert-OH is 3. The van der Waals surface area contributed by atoms with Crippen LogP contribution in [0, 0.1) is 0 Å². The van der Waals surface area contributed by atoms with Crippen LogP contribution in [-0.4, -0.2) is 70.2 Å². The number of hydrogen-bond donors (Lipinski definition) is 5. The fraction of sp³-hybridized carbons (Fsp3) is 0.611. The topological polar surface area (TPSA) is 128 Å². The van der Waals surface area contributed by atoms with E-state index in [2.05, 4.69) is 5.32 Å². The number of nitrogens with one attached hydrogen (secondary N) is 1. The fourth-order valence-electron chi connectivity index (χ4n) is 2.82. The summed E-state index contributed by atoms with van der Waals surface area (Å²) in [7, 11) is 0. The molecule has 1 heterocycles. The number of carbonyl (C=O) groups is 1. The molecule has 1 saturated heterocycles. The third-order valence-corrected chi connectivity index (χ3v) is 4.29. The standard InChI is InChI=1S/C18H27NO7/c1-2-3-14(22)19-15-17(24)16(23)13(10-20)26-18(15)25-9-8-11-4-6-12(21)7-5-11/h4-7,13,15-18,20-21,23-24H,2-3,8-10H2,1H3,(H,19,22)/t13-,15-,16-,17-,18?/m1/s1. The van der Waals surface area contributed by atoms with Gasteiger partial charge in [-0.15, -0.1) is 0 Å². The van der Waals surface area contributed by atoms with Crippen molar-refractivity contribution in [3.05, 3.63) is 29.8 Å². The average Bonchev–Trinajstić information content (AvgIpc) is 2.62. The summed E-state index contributed by atoms with van der Waals surface area (Å²) >= 11 is 0. The summed E-state index contributed by atoms with van der Waals surface area (Å²) in [5, 5.41) is 41.6. The van der Waals surface area contributed by atoms with Crippen LogP contribution in [0.4, 0.5) is 0 Å². The van der Waals surface area contributed by atoms with Crippen molar-refractivity contribution in [3.63, 3.8) is 0 Å². The molecule has 0 saturated carbocycles. The molecule has 1 unspecified atom stereocenters. The van der Waals surface area contributed by atoms with Crippen molar-refractivity contribution >= 4 is 5.91 Å². The van der Waals surface area contributed by atoms with E-state index in [0.717, 1.165) is 5.56 Å². The Morgan fingerprint density at radius 3 is 2.54 bits per heavy atom. The number of amides is 1. The van der Waals surface area contributed by atoms with Crippen LogP contribution in [0.5, 0.6) is 5.75 Å². The zero-order valence-corrected chi connectivity index (χ0v) is 14.7. The number of phenolic OH excluding ortho intramolecular Hbond substituents is 1. The zero-order valence-electron chi connectivity index (χ0n) is 14.7. The van der Waals surface area contributed by atoms with E-state index in [1.807, 2.05) is 6.92 Å². The highest BCUT2D eigenvalue weighted by molar-refractivity contribution is 5.76. The SMILES string of the molecule is CCCC(=O)N[C@H]1C(OCCc2ccc(O)cc2)O[C@H](CO)[C@@H](O)[C@@H]1O. The molecule has 1 aromatic carbocycles. The average molecular weight is 369 g/mol. The largest absolute Gasteiger partial charge is 0.508 e. The number of hydrogen-bond acceptors (Lipinski definition) is 7. The fourth-order valence-corrected chi connectivity index (χ4v) is 2.82. The lowest BCUT2D eigenvalue weighted by Gasteiger charge is -2.42. The van der Waals surface area contributed by atoms with E-state index in [1.54, 1.807) is 24.3 Å². The van der Waals surface area contributed by atoms with Crippen LogP contribution in [0.25, 0.3) is 0 Å². The van der Waals surface area contributed by atoms with Crippen molar-refractivity contribution < 1.29 is 34.7 Å². The summed E-state index contributed by atoms with van der Waals surface area (Å²) in [6.45, 7) is 1.61. The Morgan fingerprint density at radius 1 is 1.23 bits per heavy atom. The van der Waals surface area contributed by atoms with Crippen LogP contribution >= 0.6 is 0 Å². The summed E-state index contributed by atoms with van der Waals surface area (Å²) in [5.41, 5.74) is 0.935. The van der Waals surface area contributed by atoms with Gasteiger partial charge in [0.2, 0.25) is 5.91 Å². The lowest BCUT2D eigenvalue weighted by Crippen LogP contribution is -2.64. The van der Waals surface area contributed by atoms with E-state index in [0.29, 0.717) is 12.8 Å². The number of carbonyl (C=O) groups excluding carboxylic acids is 1. The van der Waals surface area contributed by atoms with Crippen molar-refractivity contribution in [2.24, 2.45) is 0 Å². The molecule has 5 atom stereocenters. The van der Waals surface area contributed by atoms with Crippen LogP contribution in [0.15, 0.2) is 24.3 Å². The van der Waals surface area contributed by atoms with Crippen LogP contribution in [0.3, 0.4) is 0 Å². The Hall–Kier alpha value is -1.71. The van der Waals surface area contributed by atoms with Crippen molar-refractivity contribution in [2.45, 2.75) is 56.8 Å². The van der Waals surface area contributed by atoms with Gasteiger partial charge in [-0.25, -0.2) is 0 Å². The van der Waals surface area contributed by atoms with Gasteiger partial charge < -0.3 is 35.2 Å². The first-order valence-corrected chi connectivity index (χ1v) is 8.77. The van der Waals surface area contributed by atoms with Crippen molar-refractivity contribution in [1.29, 1.82) is 0 Å². The molecule has 5 N–H and O–H groups in total. The van der Waals surface area contributed by atoms with Gasteiger partial charge in [0.15, 0.2) is 6.29 Å². The third kappa shape index (κ3) is 5.39. The smallest absolute Gasteiger partial charge is 0.220 e. The molecule has 1 aliphatic heterocycles. The lowest BCUT2D eigenvalue weighted by molar-refractivity contribution is -0.269. The minimum atomic E-state index is -1.33. The van der Waals surface area contributed by atoms with E-state index in [1.165, 1.54) is 0 Å². The Kier molecular flexibility index (Phi) is 7.80. The zero-order chi connectivity index (χ0) is 19.1. The van der Waals surface area contributed by atoms with Gasteiger partial charge in [-0.2, -0.15) is 0 Å². The number of aromatic hydroxyl groups is 1. The molecule has 8 nitrogen and oxygen atoms in total. The molecule has 26 heavy (non-hydrogen) atoms. The normalized spacial score (nSPS) is 28.7. The molecule has 8 heteroatoms. The first kappa shape index (κ1) is 20.6. The van der Waals surface area contributed by atoms with Gasteiger partial charge in [-0.1, -0.05) is 19.1 Å². The monoisotopic (exact) mass is 369 g/mol. The van der Waals surface area contributed by atoms with Crippen LogP contribution < -0.4 is 5.32 Å². The minimum Gasteiger partial charge on any atom is -0.508 e. The second-order valence-electron chi connectivity index (χ2n) is 6.34. The summed E-state index contributed by atoms with van der Waals surface area (Å²) in [6, 6.07) is 5.72. The molecule has 1 aromatic rings. The minimum absolute atomic E-state index is 0.173. The van der Waals surface area contributed by atoms with E-state index >= 15 is 0 Å². The Bertz CT molecular complexity index is 565. The summed E-state index contributed by atoms with van der Waals surface area (Å²) in [4.78, 5) is 11.9. The van der Waals surface area contributed by atoms with Gasteiger partial charge >= 0.3 is 0 Å². The van der Waals surface area contributed by atoms with Crippen LogP contribution in [0.1, 0.15) is 25.3 Å². The first-order chi connectivity index (χ1) is 12.5.